The first-order chi connectivity index (χ1) is 8.70. The summed E-state index contributed by atoms with van der Waals surface area (Å²) in [7, 11) is 1.88. The summed E-state index contributed by atoms with van der Waals surface area (Å²) in [5.41, 5.74) is 2.12. The van der Waals surface area contributed by atoms with E-state index < -0.39 is 5.60 Å². The lowest BCUT2D eigenvalue weighted by molar-refractivity contribution is 0.0653. The Kier molecular flexibility index (Phi) is 2.71. The van der Waals surface area contributed by atoms with Crippen molar-refractivity contribution in [1.82, 2.24) is 9.78 Å². The molecule has 0 saturated heterocycles. The molecule has 1 heterocycles. The summed E-state index contributed by atoms with van der Waals surface area (Å²) >= 11 is 0. The summed E-state index contributed by atoms with van der Waals surface area (Å²) in [5.74, 6) is 0. The maximum Gasteiger partial charge on any atom is 0.134 e. The minimum Gasteiger partial charge on any atom is -0.379 e. The van der Waals surface area contributed by atoms with Gasteiger partial charge in [-0.15, -0.1) is 0 Å². The molecule has 94 valence electrons. The van der Waals surface area contributed by atoms with Crippen LogP contribution in [0.4, 0.5) is 0 Å². The van der Waals surface area contributed by atoms with Crippen molar-refractivity contribution >= 4 is 0 Å². The number of fused-ring (bicyclic) bond motifs is 1. The molecule has 2 aromatic rings. The molecule has 0 aliphatic heterocycles. The van der Waals surface area contributed by atoms with E-state index >= 15 is 0 Å². The maximum atomic E-state index is 11.1. The second-order valence-corrected chi connectivity index (χ2v) is 5.10. The molecule has 0 spiro atoms. The zero-order chi connectivity index (χ0) is 12.6. The predicted octanol–water partition coefficient (Wildman–Crippen LogP) is 2.38. The molecule has 0 radical (unpaired) electrons. The highest BCUT2D eigenvalue weighted by molar-refractivity contribution is 5.39. The fourth-order valence-corrected chi connectivity index (χ4v) is 2.87. The minimum absolute atomic E-state index is 0.751. The number of aromatic nitrogens is 2. The summed E-state index contributed by atoms with van der Waals surface area (Å²) in [5, 5.41) is 15.5. The van der Waals surface area contributed by atoms with Gasteiger partial charge in [-0.3, -0.25) is 4.68 Å². The highest BCUT2D eigenvalue weighted by Crippen LogP contribution is 2.38. The van der Waals surface area contributed by atoms with Crippen molar-refractivity contribution in [3.05, 3.63) is 53.3 Å². The van der Waals surface area contributed by atoms with Gasteiger partial charge in [0.05, 0.1) is 5.69 Å². The summed E-state index contributed by atoms with van der Waals surface area (Å²) in [4.78, 5) is 0. The van der Waals surface area contributed by atoms with E-state index in [2.05, 4.69) is 11.2 Å². The van der Waals surface area contributed by atoms with Gasteiger partial charge in [0.15, 0.2) is 0 Å². The Bertz CT molecular complexity index is 561. The van der Waals surface area contributed by atoms with Crippen molar-refractivity contribution in [2.75, 3.05) is 0 Å². The van der Waals surface area contributed by atoms with Gasteiger partial charge < -0.3 is 5.11 Å². The zero-order valence-corrected chi connectivity index (χ0v) is 10.6. The average Bonchev–Trinajstić information content (AvgIpc) is 2.74. The van der Waals surface area contributed by atoms with E-state index in [1.165, 1.54) is 5.56 Å². The van der Waals surface area contributed by atoms with E-state index in [4.69, 9.17) is 0 Å². The fourth-order valence-electron chi connectivity index (χ4n) is 2.87. The molecule has 3 heteroatoms. The van der Waals surface area contributed by atoms with E-state index in [1.807, 2.05) is 37.5 Å². The molecule has 3 rings (SSSR count). The van der Waals surface area contributed by atoms with E-state index in [0.29, 0.717) is 0 Å². The lowest BCUT2D eigenvalue weighted by Crippen LogP contribution is -2.28. The number of aryl methyl sites for hydroxylation is 2. The lowest BCUT2D eigenvalue weighted by atomic mass is 9.85. The summed E-state index contributed by atoms with van der Waals surface area (Å²) in [6.07, 6.45) is 5.85. The molecule has 1 N–H and O–H groups in total. The molecule has 1 atom stereocenters. The average molecular weight is 242 g/mol. The Labute approximate surface area is 107 Å². The van der Waals surface area contributed by atoms with Crippen molar-refractivity contribution in [2.45, 2.75) is 31.3 Å². The molecule has 0 amide bonds. The molecular formula is C15H18N2O. The van der Waals surface area contributed by atoms with Crippen LogP contribution in [0.15, 0.2) is 36.5 Å². The summed E-state index contributed by atoms with van der Waals surface area (Å²) < 4.78 is 1.75. The monoisotopic (exact) mass is 242 g/mol. The van der Waals surface area contributed by atoms with Crippen molar-refractivity contribution in [3.63, 3.8) is 0 Å². The molecule has 1 aliphatic carbocycles. The molecule has 1 aromatic carbocycles. The van der Waals surface area contributed by atoms with Crippen LogP contribution in [0, 0.1) is 0 Å². The van der Waals surface area contributed by atoms with E-state index in [1.54, 1.807) is 4.68 Å². The van der Waals surface area contributed by atoms with Gasteiger partial charge in [-0.25, -0.2) is 0 Å². The molecule has 1 unspecified atom stereocenters. The van der Waals surface area contributed by atoms with E-state index in [-0.39, 0.29) is 0 Å². The van der Waals surface area contributed by atoms with Crippen LogP contribution >= 0.6 is 0 Å². The van der Waals surface area contributed by atoms with Crippen LogP contribution in [-0.2, 0) is 19.1 Å². The van der Waals surface area contributed by atoms with Crippen molar-refractivity contribution in [2.24, 2.45) is 7.05 Å². The number of benzene rings is 1. The second kappa shape index (κ2) is 4.25. The van der Waals surface area contributed by atoms with E-state index in [0.717, 1.165) is 36.9 Å². The van der Waals surface area contributed by atoms with Crippen LogP contribution in [0.5, 0.6) is 0 Å². The van der Waals surface area contributed by atoms with Gasteiger partial charge >= 0.3 is 0 Å². The predicted molar refractivity (Wildman–Crippen MR) is 70.2 cm³/mol. The van der Waals surface area contributed by atoms with Gasteiger partial charge in [-0.1, -0.05) is 24.3 Å². The zero-order valence-electron chi connectivity index (χ0n) is 10.6. The third-order valence-electron chi connectivity index (χ3n) is 3.83. The molecule has 0 fully saturated rings. The second-order valence-electron chi connectivity index (χ2n) is 5.10. The maximum absolute atomic E-state index is 11.1. The summed E-state index contributed by atoms with van der Waals surface area (Å²) in [6, 6.07) is 10.1. The van der Waals surface area contributed by atoms with Gasteiger partial charge in [-0.2, -0.15) is 5.10 Å². The molecule has 0 saturated carbocycles. The molecule has 18 heavy (non-hydrogen) atoms. The van der Waals surface area contributed by atoms with Crippen LogP contribution in [0.2, 0.25) is 0 Å². The smallest absolute Gasteiger partial charge is 0.134 e. The Morgan fingerprint density at radius 3 is 2.83 bits per heavy atom. The van der Waals surface area contributed by atoms with Crippen LogP contribution in [0.3, 0.4) is 0 Å². The highest BCUT2D eigenvalue weighted by Gasteiger charge is 2.36. The normalized spacial score (nSPS) is 23.4. The van der Waals surface area contributed by atoms with Gasteiger partial charge in [0.1, 0.15) is 5.60 Å². The number of aliphatic hydroxyl groups is 1. The number of hydrogen-bond acceptors (Lipinski definition) is 2. The Balaban J connectivity index is 2.16. The van der Waals surface area contributed by atoms with Crippen molar-refractivity contribution in [1.29, 1.82) is 0 Å². The van der Waals surface area contributed by atoms with Gasteiger partial charge in [-0.05, 0) is 42.9 Å². The third-order valence-corrected chi connectivity index (χ3v) is 3.83. The largest absolute Gasteiger partial charge is 0.379 e. The highest BCUT2D eigenvalue weighted by atomic mass is 16.3. The lowest BCUT2D eigenvalue weighted by Gasteiger charge is -2.27. The first-order valence-electron chi connectivity index (χ1n) is 6.51. The van der Waals surface area contributed by atoms with Gasteiger partial charge in [0.2, 0.25) is 0 Å². The van der Waals surface area contributed by atoms with Crippen molar-refractivity contribution in [3.8, 4) is 0 Å². The fraction of sp³-hybridized carbons (Fsp3) is 0.400. The van der Waals surface area contributed by atoms with E-state index in [9.17, 15) is 5.11 Å². The number of hydrogen-bond donors (Lipinski definition) is 1. The number of rotatable bonds is 1. The van der Waals surface area contributed by atoms with Gasteiger partial charge in [0.25, 0.3) is 0 Å². The Morgan fingerprint density at radius 1 is 1.22 bits per heavy atom. The minimum atomic E-state index is -0.922. The third kappa shape index (κ3) is 1.75. The number of nitrogens with zero attached hydrogens (tertiary/aromatic N) is 2. The SMILES string of the molecule is Cn1ccc(C2(O)CCCCc3ccccc32)n1. The first-order valence-corrected chi connectivity index (χ1v) is 6.51. The van der Waals surface area contributed by atoms with Crippen LogP contribution in [-0.4, -0.2) is 14.9 Å². The van der Waals surface area contributed by atoms with Gasteiger partial charge in [0, 0.05) is 13.2 Å². The standard InChI is InChI=1S/C15H18N2O/c1-17-11-9-14(16-17)15(18)10-5-4-7-12-6-2-3-8-13(12)15/h2-3,6,8-9,11,18H,4-5,7,10H2,1H3. The topological polar surface area (TPSA) is 38.0 Å². The Hall–Kier alpha value is -1.61. The quantitative estimate of drug-likeness (QED) is 0.780. The van der Waals surface area contributed by atoms with Crippen molar-refractivity contribution < 1.29 is 5.11 Å². The van der Waals surface area contributed by atoms with Crippen LogP contribution in [0.1, 0.15) is 36.1 Å². The first kappa shape index (κ1) is 11.5. The molecule has 1 aromatic heterocycles. The van der Waals surface area contributed by atoms with Crippen LogP contribution in [0.25, 0.3) is 0 Å². The Morgan fingerprint density at radius 2 is 2.06 bits per heavy atom. The molecule has 0 bridgehead atoms. The molecular weight excluding hydrogens is 224 g/mol. The summed E-state index contributed by atoms with van der Waals surface area (Å²) in [6.45, 7) is 0. The molecule has 1 aliphatic rings. The molecule has 3 nitrogen and oxygen atoms in total. The van der Waals surface area contributed by atoms with Crippen LogP contribution < -0.4 is 0 Å².